The van der Waals surface area contributed by atoms with E-state index >= 15 is 0 Å². The predicted octanol–water partition coefficient (Wildman–Crippen LogP) is 3.53. The standard InChI is InChI=1S/C16H21ClF3NO3S/c1-15(2,25(23,24)10-4-8-16(18,19)20)14(22)21-9-7-12-5-3-6-13(17)11-12/h3,5-6,11H,4,7-10H2,1-2H3,(H,21,22). The van der Waals surface area contributed by atoms with Crippen LogP contribution in [-0.2, 0) is 21.1 Å². The molecule has 4 nitrogen and oxygen atoms in total. The summed E-state index contributed by atoms with van der Waals surface area (Å²) in [5.41, 5.74) is 0.874. The fourth-order valence-electron chi connectivity index (χ4n) is 2.08. The maximum absolute atomic E-state index is 12.2. The molecule has 0 bridgehead atoms. The first-order valence-corrected chi connectivity index (χ1v) is 9.70. The Balaban J connectivity index is 2.59. The number of rotatable bonds is 8. The van der Waals surface area contributed by atoms with E-state index in [2.05, 4.69) is 5.32 Å². The fraction of sp³-hybridized carbons (Fsp3) is 0.562. The molecule has 0 radical (unpaired) electrons. The number of halogens is 4. The Kier molecular flexibility index (Phi) is 7.31. The summed E-state index contributed by atoms with van der Waals surface area (Å²) in [6.07, 6.45) is -5.72. The second-order valence-corrected chi connectivity index (χ2v) is 9.28. The van der Waals surface area contributed by atoms with Gasteiger partial charge in [0, 0.05) is 18.0 Å². The highest BCUT2D eigenvalue weighted by Crippen LogP contribution is 2.24. The van der Waals surface area contributed by atoms with Crippen molar-refractivity contribution >= 4 is 27.3 Å². The number of alkyl halides is 3. The van der Waals surface area contributed by atoms with Crippen LogP contribution >= 0.6 is 11.6 Å². The fourth-order valence-corrected chi connectivity index (χ4v) is 3.69. The second kappa shape index (κ2) is 8.40. The van der Waals surface area contributed by atoms with Gasteiger partial charge in [0.2, 0.25) is 5.91 Å². The highest BCUT2D eigenvalue weighted by molar-refractivity contribution is 7.93. The number of carbonyl (C=O) groups excluding carboxylic acids is 1. The van der Waals surface area contributed by atoms with Gasteiger partial charge >= 0.3 is 6.18 Å². The number of hydrogen-bond donors (Lipinski definition) is 1. The first-order valence-electron chi connectivity index (χ1n) is 7.67. The molecule has 0 aromatic heterocycles. The molecule has 1 aromatic rings. The largest absolute Gasteiger partial charge is 0.389 e. The molecule has 0 aliphatic carbocycles. The lowest BCUT2D eigenvalue weighted by Crippen LogP contribution is -2.49. The Morgan fingerprint density at radius 2 is 1.88 bits per heavy atom. The monoisotopic (exact) mass is 399 g/mol. The molecule has 0 saturated carbocycles. The van der Waals surface area contributed by atoms with E-state index in [0.29, 0.717) is 11.4 Å². The van der Waals surface area contributed by atoms with Crippen LogP contribution in [0.5, 0.6) is 0 Å². The minimum Gasteiger partial charge on any atom is -0.354 e. The molecular weight excluding hydrogens is 379 g/mol. The maximum Gasteiger partial charge on any atom is 0.389 e. The SMILES string of the molecule is CC(C)(C(=O)NCCc1cccc(Cl)c1)S(=O)(=O)CCCC(F)(F)F. The van der Waals surface area contributed by atoms with Crippen LogP contribution in [0.15, 0.2) is 24.3 Å². The zero-order chi connectivity index (χ0) is 19.3. The van der Waals surface area contributed by atoms with Crippen molar-refractivity contribution in [3.63, 3.8) is 0 Å². The van der Waals surface area contributed by atoms with Gasteiger partial charge in [0.15, 0.2) is 9.84 Å². The van der Waals surface area contributed by atoms with Crippen LogP contribution < -0.4 is 5.32 Å². The number of nitrogens with one attached hydrogen (secondary N) is 1. The highest BCUT2D eigenvalue weighted by Gasteiger charge is 2.41. The molecular formula is C16H21ClF3NO3S. The predicted molar refractivity (Wildman–Crippen MR) is 91.3 cm³/mol. The van der Waals surface area contributed by atoms with Crippen LogP contribution in [0.4, 0.5) is 13.2 Å². The first kappa shape index (κ1) is 21.8. The van der Waals surface area contributed by atoms with E-state index < -0.39 is 45.3 Å². The van der Waals surface area contributed by atoms with E-state index in [1.54, 1.807) is 18.2 Å². The third-order valence-electron chi connectivity index (χ3n) is 3.79. The number of amides is 1. The molecule has 0 spiro atoms. The highest BCUT2D eigenvalue weighted by atomic mass is 35.5. The second-order valence-electron chi connectivity index (χ2n) is 6.18. The van der Waals surface area contributed by atoms with Gasteiger partial charge in [-0.2, -0.15) is 13.2 Å². The summed E-state index contributed by atoms with van der Waals surface area (Å²) in [5.74, 6) is -1.43. The molecule has 9 heteroatoms. The van der Waals surface area contributed by atoms with Crippen molar-refractivity contribution in [1.82, 2.24) is 5.32 Å². The van der Waals surface area contributed by atoms with Crippen molar-refractivity contribution in [2.45, 2.75) is 44.0 Å². The van der Waals surface area contributed by atoms with Crippen LogP contribution in [0.1, 0.15) is 32.3 Å². The summed E-state index contributed by atoms with van der Waals surface area (Å²) >= 11 is 5.85. The van der Waals surface area contributed by atoms with Crippen LogP contribution in [0, 0.1) is 0 Å². The van der Waals surface area contributed by atoms with Crippen LogP contribution in [-0.4, -0.2) is 37.5 Å². The third-order valence-corrected chi connectivity index (χ3v) is 6.59. The Hall–Kier alpha value is -1.28. The van der Waals surface area contributed by atoms with Crippen molar-refractivity contribution in [3.8, 4) is 0 Å². The molecule has 0 aliphatic rings. The third kappa shape index (κ3) is 6.86. The minimum absolute atomic E-state index is 0.195. The van der Waals surface area contributed by atoms with Gasteiger partial charge < -0.3 is 5.32 Å². The van der Waals surface area contributed by atoms with Crippen LogP contribution in [0.3, 0.4) is 0 Å². The topological polar surface area (TPSA) is 63.2 Å². The summed E-state index contributed by atoms with van der Waals surface area (Å²) in [4.78, 5) is 12.2. The molecule has 0 saturated heterocycles. The van der Waals surface area contributed by atoms with Crippen molar-refractivity contribution in [1.29, 1.82) is 0 Å². The van der Waals surface area contributed by atoms with Gasteiger partial charge in [-0.15, -0.1) is 0 Å². The number of sulfone groups is 1. The lowest BCUT2D eigenvalue weighted by molar-refractivity contribution is -0.134. The molecule has 1 aromatic carbocycles. The van der Waals surface area contributed by atoms with E-state index in [4.69, 9.17) is 11.6 Å². The number of carbonyl (C=O) groups is 1. The Morgan fingerprint density at radius 1 is 1.24 bits per heavy atom. The average Bonchev–Trinajstić information content (AvgIpc) is 2.45. The van der Waals surface area contributed by atoms with Crippen LogP contribution in [0.25, 0.3) is 0 Å². The summed E-state index contributed by atoms with van der Waals surface area (Å²) in [7, 11) is -4.02. The molecule has 0 fully saturated rings. The lowest BCUT2D eigenvalue weighted by Gasteiger charge is -2.24. The first-order chi connectivity index (χ1) is 11.3. The molecule has 1 N–H and O–H groups in total. The summed E-state index contributed by atoms with van der Waals surface area (Å²) < 4.78 is 59.1. The number of benzene rings is 1. The molecule has 142 valence electrons. The molecule has 25 heavy (non-hydrogen) atoms. The molecule has 0 heterocycles. The maximum atomic E-state index is 12.2. The smallest absolute Gasteiger partial charge is 0.354 e. The van der Waals surface area contributed by atoms with Crippen molar-refractivity contribution in [3.05, 3.63) is 34.9 Å². The van der Waals surface area contributed by atoms with Gasteiger partial charge in [-0.1, -0.05) is 23.7 Å². The molecule has 0 atom stereocenters. The van der Waals surface area contributed by atoms with E-state index in [9.17, 15) is 26.4 Å². The normalized spacial score (nSPS) is 12.9. The zero-order valence-electron chi connectivity index (χ0n) is 14.0. The summed E-state index contributed by atoms with van der Waals surface area (Å²) in [5, 5.41) is 3.07. The van der Waals surface area contributed by atoms with Gasteiger partial charge in [-0.25, -0.2) is 8.42 Å². The van der Waals surface area contributed by atoms with E-state index in [1.807, 2.05) is 6.07 Å². The van der Waals surface area contributed by atoms with Crippen LogP contribution in [0.2, 0.25) is 5.02 Å². The lowest BCUT2D eigenvalue weighted by atomic mass is 10.1. The van der Waals surface area contributed by atoms with Gasteiger partial charge in [0.25, 0.3) is 0 Å². The van der Waals surface area contributed by atoms with Gasteiger partial charge in [0.1, 0.15) is 4.75 Å². The zero-order valence-corrected chi connectivity index (χ0v) is 15.6. The summed E-state index contributed by atoms with van der Waals surface area (Å²) in [6.45, 7) is 2.59. The minimum atomic E-state index is -4.42. The Morgan fingerprint density at radius 3 is 2.44 bits per heavy atom. The molecule has 1 amide bonds. The van der Waals surface area contributed by atoms with Crippen molar-refractivity contribution < 1.29 is 26.4 Å². The van der Waals surface area contributed by atoms with Crippen molar-refractivity contribution in [2.24, 2.45) is 0 Å². The summed E-state index contributed by atoms with van der Waals surface area (Å²) in [6, 6.07) is 7.01. The molecule has 0 unspecified atom stereocenters. The Bertz CT molecular complexity index is 703. The van der Waals surface area contributed by atoms with E-state index in [0.717, 1.165) is 5.56 Å². The van der Waals surface area contributed by atoms with E-state index in [1.165, 1.54) is 13.8 Å². The van der Waals surface area contributed by atoms with E-state index in [-0.39, 0.29) is 6.54 Å². The molecule has 0 aliphatic heterocycles. The van der Waals surface area contributed by atoms with Crippen molar-refractivity contribution in [2.75, 3.05) is 12.3 Å². The quantitative estimate of drug-likeness (QED) is 0.727. The Labute approximate surface area is 150 Å². The average molecular weight is 400 g/mol. The van der Waals surface area contributed by atoms with Gasteiger partial charge in [-0.05, 0) is 44.4 Å². The number of hydrogen-bond acceptors (Lipinski definition) is 3. The van der Waals surface area contributed by atoms with Gasteiger partial charge in [-0.3, -0.25) is 4.79 Å². The van der Waals surface area contributed by atoms with Gasteiger partial charge in [0.05, 0.1) is 5.75 Å². The molecule has 1 rings (SSSR count).